The van der Waals surface area contributed by atoms with Crippen molar-refractivity contribution in [3.05, 3.63) is 60.0 Å². The first kappa shape index (κ1) is 18.2. The van der Waals surface area contributed by atoms with Crippen LogP contribution in [0.25, 0.3) is 11.1 Å². The minimum atomic E-state index is -0.320. The normalized spacial score (nSPS) is 14.5. The Morgan fingerprint density at radius 2 is 1.75 bits per heavy atom. The lowest BCUT2D eigenvalue weighted by atomic mass is 10.2. The number of rotatable bonds is 4. The van der Waals surface area contributed by atoms with Crippen molar-refractivity contribution in [1.29, 1.82) is 0 Å². The first-order valence-corrected chi connectivity index (χ1v) is 9.49. The summed E-state index contributed by atoms with van der Waals surface area (Å²) in [5.41, 5.74) is 3.31. The molecule has 7 nitrogen and oxygen atoms in total. The van der Waals surface area contributed by atoms with Crippen LogP contribution in [0.3, 0.4) is 0 Å². The topological polar surface area (TPSA) is 67.9 Å². The molecule has 7 heteroatoms. The Kier molecular flexibility index (Phi) is 5.06. The number of ether oxygens (including phenoxy) is 1. The first-order valence-electron chi connectivity index (χ1n) is 9.49. The molecule has 2 aromatic heterocycles. The standard InChI is InChI=1S/C21H23N3O4/c1-2-27-21(26)23-11-9-22(10-12-23)20(25)18-14-19-17(8-13-28-19)24(18)15-16-6-4-3-5-7-16/h3-8,13-14H,2,9-12,15H2,1H3. The van der Waals surface area contributed by atoms with Gasteiger partial charge >= 0.3 is 6.09 Å². The van der Waals surface area contributed by atoms with Gasteiger partial charge in [0.25, 0.3) is 5.91 Å². The molecule has 0 radical (unpaired) electrons. The van der Waals surface area contributed by atoms with Crippen LogP contribution in [0.5, 0.6) is 0 Å². The van der Waals surface area contributed by atoms with Gasteiger partial charge in [0.15, 0.2) is 5.58 Å². The van der Waals surface area contributed by atoms with Crippen LogP contribution in [0.2, 0.25) is 0 Å². The van der Waals surface area contributed by atoms with E-state index in [1.165, 1.54) is 0 Å². The molecule has 1 saturated heterocycles. The number of piperazine rings is 1. The zero-order valence-corrected chi connectivity index (χ0v) is 15.8. The molecule has 0 spiro atoms. The van der Waals surface area contributed by atoms with Gasteiger partial charge in [-0.1, -0.05) is 30.3 Å². The van der Waals surface area contributed by atoms with Gasteiger partial charge in [0, 0.05) is 44.9 Å². The lowest BCUT2D eigenvalue weighted by molar-refractivity contribution is 0.0563. The molecule has 0 aliphatic carbocycles. The van der Waals surface area contributed by atoms with Crippen LogP contribution < -0.4 is 0 Å². The molecular formula is C21H23N3O4. The number of fused-ring (bicyclic) bond motifs is 1. The number of carbonyl (C=O) groups is 2. The van der Waals surface area contributed by atoms with Gasteiger partial charge in [0.1, 0.15) is 5.69 Å². The number of amides is 2. The van der Waals surface area contributed by atoms with E-state index < -0.39 is 0 Å². The van der Waals surface area contributed by atoms with Crippen molar-refractivity contribution in [3.63, 3.8) is 0 Å². The van der Waals surface area contributed by atoms with Crippen molar-refractivity contribution in [2.24, 2.45) is 0 Å². The molecule has 2 amide bonds. The Hall–Kier alpha value is -3.22. The van der Waals surface area contributed by atoms with Gasteiger partial charge in [-0.25, -0.2) is 4.79 Å². The molecule has 146 valence electrons. The summed E-state index contributed by atoms with van der Waals surface area (Å²) < 4.78 is 12.6. The number of carbonyl (C=O) groups excluding carboxylic acids is 2. The largest absolute Gasteiger partial charge is 0.463 e. The maximum atomic E-state index is 13.2. The third-order valence-corrected chi connectivity index (χ3v) is 5.02. The average molecular weight is 381 g/mol. The SMILES string of the molecule is CCOC(=O)N1CCN(C(=O)c2cc3occc3n2Cc2ccccc2)CC1. The number of aromatic nitrogens is 1. The van der Waals surface area contributed by atoms with Gasteiger partial charge in [0.05, 0.1) is 18.4 Å². The average Bonchev–Trinajstić information content (AvgIpc) is 3.31. The Bertz CT molecular complexity index is 968. The Morgan fingerprint density at radius 1 is 1.04 bits per heavy atom. The van der Waals surface area contributed by atoms with Gasteiger partial charge in [0.2, 0.25) is 0 Å². The first-order chi connectivity index (χ1) is 13.7. The number of furan rings is 1. The maximum Gasteiger partial charge on any atom is 0.409 e. The Morgan fingerprint density at radius 3 is 2.46 bits per heavy atom. The minimum Gasteiger partial charge on any atom is -0.463 e. The molecule has 1 aliphatic rings. The quantitative estimate of drug-likeness (QED) is 0.696. The highest BCUT2D eigenvalue weighted by molar-refractivity contribution is 5.97. The van der Waals surface area contributed by atoms with E-state index in [0.717, 1.165) is 11.1 Å². The summed E-state index contributed by atoms with van der Waals surface area (Å²) >= 11 is 0. The van der Waals surface area contributed by atoms with E-state index in [4.69, 9.17) is 9.15 Å². The van der Waals surface area contributed by atoms with E-state index in [1.807, 2.05) is 41.0 Å². The third kappa shape index (κ3) is 3.47. The second-order valence-corrected chi connectivity index (χ2v) is 6.75. The monoisotopic (exact) mass is 381 g/mol. The van der Waals surface area contributed by atoms with Crippen molar-refractivity contribution in [2.75, 3.05) is 32.8 Å². The fraction of sp³-hybridized carbons (Fsp3) is 0.333. The highest BCUT2D eigenvalue weighted by atomic mass is 16.6. The van der Waals surface area contributed by atoms with E-state index in [9.17, 15) is 9.59 Å². The summed E-state index contributed by atoms with van der Waals surface area (Å²) in [5, 5.41) is 0. The molecule has 0 unspecified atom stereocenters. The predicted octanol–water partition coefficient (Wildman–Crippen LogP) is 3.20. The zero-order chi connectivity index (χ0) is 19.5. The molecule has 1 aliphatic heterocycles. The molecule has 4 rings (SSSR count). The van der Waals surface area contributed by atoms with E-state index in [2.05, 4.69) is 0 Å². The Labute approximate surface area is 163 Å². The molecule has 28 heavy (non-hydrogen) atoms. The van der Waals surface area contributed by atoms with Gasteiger partial charge in [-0.05, 0) is 12.5 Å². The zero-order valence-electron chi connectivity index (χ0n) is 15.8. The predicted molar refractivity (Wildman–Crippen MR) is 104 cm³/mol. The highest BCUT2D eigenvalue weighted by Crippen LogP contribution is 2.24. The number of hydrogen-bond donors (Lipinski definition) is 0. The lowest BCUT2D eigenvalue weighted by Crippen LogP contribution is -2.51. The van der Waals surface area contributed by atoms with Gasteiger partial charge in [-0.15, -0.1) is 0 Å². The van der Waals surface area contributed by atoms with E-state index in [-0.39, 0.29) is 12.0 Å². The third-order valence-electron chi connectivity index (χ3n) is 5.02. The van der Waals surface area contributed by atoms with Crippen LogP contribution in [-0.2, 0) is 11.3 Å². The highest BCUT2D eigenvalue weighted by Gasteiger charge is 2.28. The van der Waals surface area contributed by atoms with Crippen molar-refractivity contribution in [2.45, 2.75) is 13.5 Å². The molecular weight excluding hydrogens is 358 g/mol. The fourth-order valence-electron chi connectivity index (χ4n) is 3.56. The fourth-order valence-corrected chi connectivity index (χ4v) is 3.56. The smallest absolute Gasteiger partial charge is 0.409 e. The molecule has 0 bridgehead atoms. The van der Waals surface area contributed by atoms with E-state index >= 15 is 0 Å². The summed E-state index contributed by atoms with van der Waals surface area (Å²) in [6.45, 7) is 4.64. The van der Waals surface area contributed by atoms with Crippen LogP contribution in [-0.4, -0.2) is 59.2 Å². The minimum absolute atomic E-state index is 0.0501. The van der Waals surface area contributed by atoms with Gasteiger partial charge in [-0.3, -0.25) is 4.79 Å². The molecule has 3 aromatic rings. The summed E-state index contributed by atoms with van der Waals surface area (Å²) in [4.78, 5) is 28.5. The molecule has 0 atom stereocenters. The van der Waals surface area contributed by atoms with Gasteiger partial charge < -0.3 is 23.5 Å². The van der Waals surface area contributed by atoms with Crippen LogP contribution in [0.4, 0.5) is 4.79 Å². The van der Waals surface area contributed by atoms with Crippen LogP contribution in [0, 0.1) is 0 Å². The van der Waals surface area contributed by atoms with Crippen molar-refractivity contribution >= 4 is 23.1 Å². The van der Waals surface area contributed by atoms with E-state index in [0.29, 0.717) is 50.6 Å². The van der Waals surface area contributed by atoms with Crippen molar-refractivity contribution < 1.29 is 18.7 Å². The maximum absolute atomic E-state index is 13.2. The Balaban J connectivity index is 1.54. The molecule has 1 fully saturated rings. The van der Waals surface area contributed by atoms with Crippen molar-refractivity contribution in [1.82, 2.24) is 14.4 Å². The molecule has 0 N–H and O–H groups in total. The number of nitrogens with zero attached hydrogens (tertiary/aromatic N) is 3. The molecule has 3 heterocycles. The van der Waals surface area contributed by atoms with Crippen LogP contribution in [0.15, 0.2) is 53.1 Å². The molecule has 1 aromatic carbocycles. The summed E-state index contributed by atoms with van der Waals surface area (Å²) in [5.74, 6) is -0.0501. The second kappa shape index (κ2) is 7.80. The van der Waals surface area contributed by atoms with Crippen LogP contribution in [0.1, 0.15) is 23.0 Å². The molecule has 0 saturated carbocycles. The second-order valence-electron chi connectivity index (χ2n) is 6.75. The van der Waals surface area contributed by atoms with Gasteiger partial charge in [-0.2, -0.15) is 0 Å². The summed E-state index contributed by atoms with van der Waals surface area (Å²) in [7, 11) is 0. The van der Waals surface area contributed by atoms with E-state index in [1.54, 1.807) is 29.1 Å². The summed E-state index contributed by atoms with van der Waals surface area (Å²) in [6.07, 6.45) is 1.32. The lowest BCUT2D eigenvalue weighted by Gasteiger charge is -2.34. The number of benzene rings is 1. The van der Waals surface area contributed by atoms with Crippen molar-refractivity contribution in [3.8, 4) is 0 Å². The van der Waals surface area contributed by atoms with Crippen LogP contribution >= 0.6 is 0 Å². The summed E-state index contributed by atoms with van der Waals surface area (Å²) in [6, 6.07) is 13.7. The number of hydrogen-bond acceptors (Lipinski definition) is 4.